The van der Waals surface area contributed by atoms with E-state index in [0.717, 1.165) is 43.1 Å². The van der Waals surface area contributed by atoms with Crippen molar-refractivity contribution in [2.24, 2.45) is 0 Å². The van der Waals surface area contributed by atoms with Crippen molar-refractivity contribution < 1.29 is 14.3 Å². The molecule has 0 aliphatic rings. The van der Waals surface area contributed by atoms with E-state index in [4.69, 9.17) is 9.47 Å². The molecule has 158 valence electrons. The van der Waals surface area contributed by atoms with Crippen LogP contribution in [0.3, 0.4) is 0 Å². The number of carbonyl (C=O) groups excluding carboxylic acids is 1. The molecule has 0 aliphatic carbocycles. The zero-order chi connectivity index (χ0) is 21.6. The number of aryl methyl sites for hydroxylation is 1. The van der Waals surface area contributed by atoms with Gasteiger partial charge in [0, 0.05) is 17.0 Å². The number of benzene rings is 3. The Balaban J connectivity index is 1.34. The maximum atomic E-state index is 12.4. The number of hydrogen-bond acceptors (Lipinski definition) is 6. The quantitative estimate of drug-likeness (QED) is 0.262. The third-order valence-corrected chi connectivity index (χ3v) is 6.67. The average Bonchev–Trinajstić information content (AvgIpc) is 3.20. The molecular formula is C24H22N2O3S2. The van der Waals surface area contributed by atoms with Crippen molar-refractivity contribution >= 4 is 44.9 Å². The Hall–Kier alpha value is -3.03. The number of thiazole rings is 1. The highest BCUT2D eigenvalue weighted by atomic mass is 32.2. The van der Waals surface area contributed by atoms with Crippen molar-refractivity contribution in [2.45, 2.75) is 11.3 Å². The number of thioether (sulfide) groups is 1. The number of anilines is 1. The summed E-state index contributed by atoms with van der Waals surface area (Å²) in [4.78, 5) is 17.0. The zero-order valence-corrected chi connectivity index (χ0v) is 18.9. The number of nitrogens with one attached hydrogen (secondary N) is 1. The molecular weight excluding hydrogens is 428 g/mol. The van der Waals surface area contributed by atoms with Gasteiger partial charge in [-0.1, -0.05) is 36.0 Å². The summed E-state index contributed by atoms with van der Waals surface area (Å²) in [6.07, 6.45) is 0. The summed E-state index contributed by atoms with van der Waals surface area (Å²) in [6.45, 7) is 2.58. The lowest BCUT2D eigenvalue weighted by Crippen LogP contribution is -2.11. The number of aromatic nitrogens is 1. The highest BCUT2D eigenvalue weighted by Gasteiger charge is 2.09. The third-order valence-electron chi connectivity index (χ3n) is 4.55. The van der Waals surface area contributed by atoms with Gasteiger partial charge in [-0.2, -0.15) is 0 Å². The number of ether oxygens (including phenoxy) is 2. The molecule has 0 saturated carbocycles. The Morgan fingerprint density at radius 2 is 1.90 bits per heavy atom. The Bertz CT molecular complexity index is 1190. The molecule has 5 nitrogen and oxygen atoms in total. The van der Waals surface area contributed by atoms with E-state index in [0.29, 0.717) is 12.2 Å². The van der Waals surface area contributed by atoms with E-state index in [-0.39, 0.29) is 5.91 Å². The molecule has 1 N–H and O–H groups in total. The summed E-state index contributed by atoms with van der Waals surface area (Å²) in [5.41, 5.74) is 3.45. The smallest absolute Gasteiger partial charge is 0.255 e. The lowest BCUT2D eigenvalue weighted by molar-refractivity contribution is 0.102. The van der Waals surface area contributed by atoms with Crippen LogP contribution in [0.4, 0.5) is 5.69 Å². The Morgan fingerprint density at radius 3 is 2.71 bits per heavy atom. The fourth-order valence-electron chi connectivity index (χ4n) is 3.01. The van der Waals surface area contributed by atoms with Crippen LogP contribution in [-0.2, 0) is 0 Å². The minimum Gasteiger partial charge on any atom is -0.493 e. The van der Waals surface area contributed by atoms with E-state index >= 15 is 0 Å². The van der Waals surface area contributed by atoms with Crippen LogP contribution in [0.2, 0.25) is 0 Å². The lowest BCUT2D eigenvalue weighted by Gasteiger charge is -2.10. The van der Waals surface area contributed by atoms with E-state index in [1.165, 1.54) is 0 Å². The van der Waals surface area contributed by atoms with Crippen molar-refractivity contribution in [1.82, 2.24) is 4.98 Å². The normalized spacial score (nSPS) is 10.8. The first-order chi connectivity index (χ1) is 15.1. The minimum absolute atomic E-state index is 0.122. The van der Waals surface area contributed by atoms with Gasteiger partial charge in [-0.15, -0.1) is 11.3 Å². The molecule has 31 heavy (non-hydrogen) atoms. The van der Waals surface area contributed by atoms with Crippen LogP contribution < -0.4 is 14.8 Å². The summed E-state index contributed by atoms with van der Waals surface area (Å²) in [5.74, 6) is 2.14. The molecule has 7 heteroatoms. The van der Waals surface area contributed by atoms with E-state index in [2.05, 4.69) is 10.3 Å². The first-order valence-electron chi connectivity index (χ1n) is 9.79. The molecule has 1 amide bonds. The van der Waals surface area contributed by atoms with Gasteiger partial charge in [-0.05, 0) is 55.0 Å². The Labute approximate surface area is 189 Å². The predicted octanol–water partition coefficient (Wildman–Crippen LogP) is 6.04. The fourth-order valence-corrected chi connectivity index (χ4v) is 5.01. The van der Waals surface area contributed by atoms with Crippen LogP contribution in [0, 0.1) is 6.92 Å². The average molecular weight is 451 g/mol. The molecule has 0 fully saturated rings. The molecule has 0 spiro atoms. The summed E-state index contributed by atoms with van der Waals surface area (Å²) >= 11 is 3.26. The molecule has 0 saturated heterocycles. The van der Waals surface area contributed by atoms with Gasteiger partial charge in [0.1, 0.15) is 0 Å². The number of fused-ring (bicyclic) bond motifs is 1. The van der Waals surface area contributed by atoms with Crippen molar-refractivity contribution in [3.8, 4) is 11.5 Å². The first-order valence-corrected chi connectivity index (χ1v) is 11.6. The topological polar surface area (TPSA) is 60.5 Å². The second-order valence-electron chi connectivity index (χ2n) is 6.83. The van der Waals surface area contributed by atoms with Gasteiger partial charge < -0.3 is 14.8 Å². The van der Waals surface area contributed by atoms with E-state index in [1.54, 1.807) is 42.3 Å². The SMILES string of the molecule is COc1cc(C)ccc1OCCSc1nc2ccc(NC(=O)c3ccccc3)cc2s1. The van der Waals surface area contributed by atoms with Crippen LogP contribution in [-0.4, -0.2) is 30.4 Å². The van der Waals surface area contributed by atoms with E-state index in [1.807, 2.05) is 61.5 Å². The molecule has 4 aromatic rings. The molecule has 0 bridgehead atoms. The standard InChI is InChI=1S/C24H22N2O3S2/c1-16-8-11-20(21(14-16)28-2)29-12-13-30-24-26-19-10-9-18(15-22(19)31-24)25-23(27)17-6-4-3-5-7-17/h3-11,14-15H,12-13H2,1-2H3,(H,25,27). The van der Waals surface area contributed by atoms with Gasteiger partial charge in [0.15, 0.2) is 15.8 Å². The summed E-state index contributed by atoms with van der Waals surface area (Å²) in [7, 11) is 1.65. The second kappa shape index (κ2) is 9.85. The monoisotopic (exact) mass is 450 g/mol. The number of hydrogen-bond donors (Lipinski definition) is 1. The minimum atomic E-state index is -0.122. The van der Waals surface area contributed by atoms with Crippen LogP contribution in [0.1, 0.15) is 15.9 Å². The predicted molar refractivity (Wildman–Crippen MR) is 128 cm³/mol. The fraction of sp³-hybridized carbons (Fsp3) is 0.167. The second-order valence-corrected chi connectivity index (χ2v) is 9.21. The number of methoxy groups -OCH3 is 1. The summed E-state index contributed by atoms with van der Waals surface area (Å²) in [5, 5.41) is 2.95. The molecule has 1 aromatic heterocycles. The Morgan fingerprint density at radius 1 is 1.06 bits per heavy atom. The Kier molecular flexibility index (Phi) is 6.74. The maximum absolute atomic E-state index is 12.4. The van der Waals surface area contributed by atoms with Crippen molar-refractivity contribution in [3.63, 3.8) is 0 Å². The van der Waals surface area contributed by atoms with Crippen LogP contribution >= 0.6 is 23.1 Å². The number of nitrogens with zero attached hydrogens (tertiary/aromatic N) is 1. The third kappa shape index (κ3) is 5.37. The lowest BCUT2D eigenvalue weighted by atomic mass is 10.2. The zero-order valence-electron chi connectivity index (χ0n) is 17.3. The van der Waals surface area contributed by atoms with E-state index < -0.39 is 0 Å². The molecule has 4 rings (SSSR count). The van der Waals surface area contributed by atoms with Gasteiger partial charge in [0.25, 0.3) is 5.91 Å². The summed E-state index contributed by atoms with van der Waals surface area (Å²) < 4.78 is 13.3. The van der Waals surface area contributed by atoms with Crippen LogP contribution in [0.15, 0.2) is 71.1 Å². The van der Waals surface area contributed by atoms with Crippen LogP contribution in [0.25, 0.3) is 10.2 Å². The highest BCUT2D eigenvalue weighted by Crippen LogP contribution is 2.32. The van der Waals surface area contributed by atoms with Crippen molar-refractivity contribution in [1.29, 1.82) is 0 Å². The largest absolute Gasteiger partial charge is 0.493 e. The van der Waals surface area contributed by atoms with Gasteiger partial charge >= 0.3 is 0 Å². The number of carbonyl (C=O) groups is 1. The molecule has 0 unspecified atom stereocenters. The van der Waals surface area contributed by atoms with Crippen LogP contribution in [0.5, 0.6) is 11.5 Å². The molecule has 0 atom stereocenters. The highest BCUT2D eigenvalue weighted by molar-refractivity contribution is 8.01. The van der Waals surface area contributed by atoms with Gasteiger partial charge in [0.05, 0.1) is 23.9 Å². The van der Waals surface area contributed by atoms with Gasteiger partial charge in [-0.25, -0.2) is 4.98 Å². The van der Waals surface area contributed by atoms with Crippen molar-refractivity contribution in [3.05, 3.63) is 77.9 Å². The van der Waals surface area contributed by atoms with Gasteiger partial charge in [0.2, 0.25) is 0 Å². The molecule has 0 radical (unpaired) electrons. The van der Waals surface area contributed by atoms with Gasteiger partial charge in [-0.3, -0.25) is 4.79 Å². The number of amides is 1. The maximum Gasteiger partial charge on any atom is 0.255 e. The van der Waals surface area contributed by atoms with E-state index in [9.17, 15) is 4.79 Å². The van der Waals surface area contributed by atoms with Crippen molar-refractivity contribution in [2.75, 3.05) is 24.8 Å². The summed E-state index contributed by atoms with van der Waals surface area (Å²) in [6, 6.07) is 20.9. The molecule has 0 aliphatic heterocycles. The number of rotatable bonds is 8. The first kappa shape index (κ1) is 21.2. The molecule has 3 aromatic carbocycles. The molecule has 1 heterocycles.